The standard InChI is InChI=1S/C17H17ClN2O5S/c1-11(21)20-7-8-25-17-6-4-13(10-15(17)20)26(22,23)19-12-3-5-16(24-2)14(18)9-12/h3-6,9-10,19H,7-8H2,1-2H3. The third-order valence-electron chi connectivity index (χ3n) is 3.89. The molecular weight excluding hydrogens is 380 g/mol. The SMILES string of the molecule is COc1ccc(NS(=O)(=O)c2ccc3c(c2)N(C(C)=O)CCO3)cc1Cl. The van der Waals surface area contributed by atoms with Gasteiger partial charge in [-0.2, -0.15) is 0 Å². The van der Waals surface area contributed by atoms with Crippen LogP contribution in [0.25, 0.3) is 0 Å². The van der Waals surface area contributed by atoms with E-state index in [0.717, 1.165) is 0 Å². The Kier molecular flexibility index (Phi) is 4.97. The van der Waals surface area contributed by atoms with Crippen LogP contribution in [-0.2, 0) is 14.8 Å². The summed E-state index contributed by atoms with van der Waals surface area (Å²) in [6, 6.07) is 8.96. The van der Waals surface area contributed by atoms with Crippen molar-refractivity contribution < 1.29 is 22.7 Å². The Bertz CT molecular complexity index is 962. The summed E-state index contributed by atoms with van der Waals surface area (Å²) in [5.74, 6) is 0.731. The molecule has 26 heavy (non-hydrogen) atoms. The average Bonchev–Trinajstić information content (AvgIpc) is 2.60. The second-order valence-corrected chi connectivity index (χ2v) is 7.69. The third-order valence-corrected chi connectivity index (χ3v) is 5.56. The lowest BCUT2D eigenvalue weighted by Crippen LogP contribution is -2.36. The molecule has 1 aliphatic heterocycles. The smallest absolute Gasteiger partial charge is 0.261 e. The molecule has 2 aromatic carbocycles. The molecule has 3 rings (SSSR count). The van der Waals surface area contributed by atoms with Gasteiger partial charge in [0.2, 0.25) is 5.91 Å². The summed E-state index contributed by atoms with van der Waals surface area (Å²) in [6.07, 6.45) is 0. The number of sulfonamides is 1. The predicted molar refractivity (Wildman–Crippen MR) is 98.8 cm³/mol. The van der Waals surface area contributed by atoms with Gasteiger partial charge < -0.3 is 14.4 Å². The van der Waals surface area contributed by atoms with Crippen LogP contribution in [0.1, 0.15) is 6.92 Å². The molecule has 0 saturated carbocycles. The van der Waals surface area contributed by atoms with E-state index in [1.54, 1.807) is 18.2 Å². The summed E-state index contributed by atoms with van der Waals surface area (Å²) in [5.41, 5.74) is 0.729. The Morgan fingerprint density at radius 1 is 1.27 bits per heavy atom. The Morgan fingerprint density at radius 2 is 2.04 bits per heavy atom. The molecule has 0 bridgehead atoms. The lowest BCUT2D eigenvalue weighted by Gasteiger charge is -2.29. The molecule has 1 amide bonds. The number of rotatable bonds is 4. The number of ether oxygens (including phenoxy) is 2. The molecule has 0 radical (unpaired) electrons. The maximum absolute atomic E-state index is 12.7. The topological polar surface area (TPSA) is 84.9 Å². The van der Waals surface area contributed by atoms with Crippen LogP contribution in [0.5, 0.6) is 11.5 Å². The molecule has 9 heteroatoms. The Labute approximate surface area is 156 Å². The number of methoxy groups -OCH3 is 1. The van der Waals surface area contributed by atoms with Gasteiger partial charge in [0.05, 0.1) is 34.9 Å². The summed E-state index contributed by atoms with van der Waals surface area (Å²) in [5, 5.41) is 0.286. The van der Waals surface area contributed by atoms with Gasteiger partial charge in [-0.05, 0) is 36.4 Å². The number of hydrogen-bond acceptors (Lipinski definition) is 5. The fourth-order valence-corrected chi connectivity index (χ4v) is 3.96. The number of amides is 1. The number of nitrogens with one attached hydrogen (secondary N) is 1. The highest BCUT2D eigenvalue weighted by atomic mass is 35.5. The molecule has 0 fully saturated rings. The summed E-state index contributed by atoms with van der Waals surface area (Å²) >= 11 is 6.03. The van der Waals surface area contributed by atoms with Gasteiger partial charge in [0.15, 0.2) is 0 Å². The minimum atomic E-state index is -3.88. The van der Waals surface area contributed by atoms with Crippen LogP contribution in [0.4, 0.5) is 11.4 Å². The molecule has 1 heterocycles. The van der Waals surface area contributed by atoms with Crippen molar-refractivity contribution in [1.82, 2.24) is 0 Å². The van der Waals surface area contributed by atoms with Crippen molar-refractivity contribution in [3.63, 3.8) is 0 Å². The van der Waals surface area contributed by atoms with Crippen LogP contribution in [0.15, 0.2) is 41.3 Å². The van der Waals surface area contributed by atoms with Crippen molar-refractivity contribution in [2.24, 2.45) is 0 Å². The number of fused-ring (bicyclic) bond motifs is 1. The van der Waals surface area contributed by atoms with Crippen molar-refractivity contribution in [2.45, 2.75) is 11.8 Å². The molecule has 0 atom stereocenters. The molecule has 1 aliphatic rings. The third kappa shape index (κ3) is 3.56. The van der Waals surface area contributed by atoms with Crippen molar-refractivity contribution in [2.75, 3.05) is 29.9 Å². The molecule has 138 valence electrons. The van der Waals surface area contributed by atoms with E-state index in [0.29, 0.717) is 36.0 Å². The molecule has 0 aromatic heterocycles. The Morgan fingerprint density at radius 3 is 2.69 bits per heavy atom. The van der Waals surface area contributed by atoms with Gasteiger partial charge in [-0.15, -0.1) is 0 Å². The number of carbonyl (C=O) groups excluding carboxylic acids is 1. The molecular formula is C17H17ClN2O5S. The van der Waals surface area contributed by atoms with E-state index < -0.39 is 10.0 Å². The maximum atomic E-state index is 12.7. The second-order valence-electron chi connectivity index (χ2n) is 5.60. The molecule has 0 aliphatic carbocycles. The molecule has 2 aromatic rings. The monoisotopic (exact) mass is 396 g/mol. The molecule has 1 N–H and O–H groups in total. The minimum Gasteiger partial charge on any atom is -0.495 e. The molecule has 7 nitrogen and oxygen atoms in total. The second kappa shape index (κ2) is 7.05. The van der Waals surface area contributed by atoms with Gasteiger partial charge in [-0.25, -0.2) is 8.42 Å². The molecule has 0 saturated heterocycles. The van der Waals surface area contributed by atoms with Crippen LogP contribution in [-0.4, -0.2) is 34.6 Å². The molecule has 0 spiro atoms. The lowest BCUT2D eigenvalue weighted by atomic mass is 10.2. The van der Waals surface area contributed by atoms with Crippen LogP contribution >= 0.6 is 11.6 Å². The fourth-order valence-electron chi connectivity index (χ4n) is 2.64. The Balaban J connectivity index is 1.94. The summed E-state index contributed by atoms with van der Waals surface area (Å²) in [6.45, 7) is 2.16. The first-order valence-electron chi connectivity index (χ1n) is 7.73. The Hall–Kier alpha value is -2.45. The van der Waals surface area contributed by atoms with E-state index in [4.69, 9.17) is 21.1 Å². The highest BCUT2D eigenvalue weighted by Gasteiger charge is 2.24. The van der Waals surface area contributed by atoms with E-state index in [1.165, 1.54) is 37.1 Å². The van der Waals surface area contributed by atoms with E-state index in [-0.39, 0.29) is 15.8 Å². The van der Waals surface area contributed by atoms with Gasteiger partial charge in [-0.1, -0.05) is 11.6 Å². The van der Waals surface area contributed by atoms with Crippen LogP contribution in [0.2, 0.25) is 5.02 Å². The number of benzene rings is 2. The normalized spacial score (nSPS) is 13.6. The zero-order valence-electron chi connectivity index (χ0n) is 14.2. The van der Waals surface area contributed by atoms with E-state index >= 15 is 0 Å². The van der Waals surface area contributed by atoms with E-state index in [2.05, 4.69) is 4.72 Å². The first kappa shape index (κ1) is 18.3. The van der Waals surface area contributed by atoms with Crippen LogP contribution in [0, 0.1) is 0 Å². The van der Waals surface area contributed by atoms with Gasteiger partial charge in [0, 0.05) is 6.92 Å². The minimum absolute atomic E-state index is 0.0138. The molecule has 0 unspecified atom stereocenters. The van der Waals surface area contributed by atoms with Crippen molar-refractivity contribution in [1.29, 1.82) is 0 Å². The quantitative estimate of drug-likeness (QED) is 0.858. The number of anilines is 2. The van der Waals surface area contributed by atoms with Crippen molar-refractivity contribution in [3.8, 4) is 11.5 Å². The first-order chi connectivity index (χ1) is 12.3. The lowest BCUT2D eigenvalue weighted by molar-refractivity contribution is -0.116. The maximum Gasteiger partial charge on any atom is 0.261 e. The zero-order chi connectivity index (χ0) is 18.9. The van der Waals surface area contributed by atoms with Crippen molar-refractivity contribution in [3.05, 3.63) is 41.4 Å². The predicted octanol–water partition coefficient (Wildman–Crippen LogP) is 2.89. The number of carbonyl (C=O) groups is 1. The van der Waals surface area contributed by atoms with Crippen molar-refractivity contribution >= 4 is 38.9 Å². The van der Waals surface area contributed by atoms with Gasteiger partial charge in [-0.3, -0.25) is 9.52 Å². The largest absolute Gasteiger partial charge is 0.495 e. The van der Waals surface area contributed by atoms with Gasteiger partial charge in [0.1, 0.15) is 18.1 Å². The fraction of sp³-hybridized carbons (Fsp3) is 0.235. The summed E-state index contributed by atoms with van der Waals surface area (Å²) < 4.78 is 38.4. The average molecular weight is 397 g/mol. The van der Waals surface area contributed by atoms with Gasteiger partial charge >= 0.3 is 0 Å². The van der Waals surface area contributed by atoms with E-state index in [1.807, 2.05) is 0 Å². The number of hydrogen-bond donors (Lipinski definition) is 1. The van der Waals surface area contributed by atoms with Gasteiger partial charge in [0.25, 0.3) is 10.0 Å². The summed E-state index contributed by atoms with van der Waals surface area (Å²) in [4.78, 5) is 13.3. The van der Waals surface area contributed by atoms with Crippen LogP contribution < -0.4 is 19.1 Å². The van der Waals surface area contributed by atoms with E-state index in [9.17, 15) is 13.2 Å². The summed E-state index contributed by atoms with van der Waals surface area (Å²) in [7, 11) is -2.40. The number of nitrogens with zero attached hydrogens (tertiary/aromatic N) is 1. The first-order valence-corrected chi connectivity index (χ1v) is 9.59. The highest BCUT2D eigenvalue weighted by Crippen LogP contribution is 2.35. The number of halogens is 1. The van der Waals surface area contributed by atoms with Crippen LogP contribution in [0.3, 0.4) is 0 Å². The zero-order valence-corrected chi connectivity index (χ0v) is 15.7. The highest BCUT2D eigenvalue weighted by molar-refractivity contribution is 7.92.